The van der Waals surface area contributed by atoms with Gasteiger partial charge in [0, 0.05) is 11.4 Å². The fourth-order valence-corrected chi connectivity index (χ4v) is 2.98. The maximum absolute atomic E-state index is 12.0. The summed E-state index contributed by atoms with van der Waals surface area (Å²) in [7, 11) is 2.13. The highest BCUT2D eigenvalue weighted by atomic mass is 32.1. The van der Waals surface area contributed by atoms with Gasteiger partial charge in [0.15, 0.2) is 0 Å². The molecule has 6 nitrogen and oxygen atoms in total. The van der Waals surface area contributed by atoms with Crippen molar-refractivity contribution < 1.29 is 4.79 Å². The predicted molar refractivity (Wildman–Crippen MR) is 78.1 cm³/mol. The van der Waals surface area contributed by atoms with Crippen molar-refractivity contribution in [3.8, 4) is 0 Å². The first-order valence-electron chi connectivity index (χ1n) is 6.65. The van der Waals surface area contributed by atoms with E-state index in [2.05, 4.69) is 27.3 Å². The molecule has 1 amide bonds. The van der Waals surface area contributed by atoms with Gasteiger partial charge in [0.05, 0.1) is 17.7 Å². The second-order valence-electron chi connectivity index (χ2n) is 5.02. The van der Waals surface area contributed by atoms with E-state index < -0.39 is 0 Å². The van der Waals surface area contributed by atoms with Gasteiger partial charge in [0.25, 0.3) is 5.91 Å². The van der Waals surface area contributed by atoms with Gasteiger partial charge >= 0.3 is 0 Å². The molecule has 0 bridgehead atoms. The van der Waals surface area contributed by atoms with Crippen LogP contribution < -0.4 is 5.32 Å². The smallest absolute Gasteiger partial charge is 0.276 e. The van der Waals surface area contributed by atoms with Crippen LogP contribution >= 0.6 is 11.3 Å². The highest BCUT2D eigenvalue weighted by Crippen LogP contribution is 2.24. The fourth-order valence-electron chi connectivity index (χ4n) is 2.45. The summed E-state index contributed by atoms with van der Waals surface area (Å²) in [5.74, 6) is 0.568. The molecule has 1 aliphatic rings. The van der Waals surface area contributed by atoms with Gasteiger partial charge in [-0.15, -0.1) is 11.3 Å². The minimum atomic E-state index is -0.180. The second-order valence-corrected chi connectivity index (χ2v) is 5.74. The molecule has 1 aliphatic heterocycles. The molecule has 2 aromatic rings. The van der Waals surface area contributed by atoms with E-state index in [1.807, 2.05) is 10.7 Å². The van der Waals surface area contributed by atoms with Crippen molar-refractivity contribution in [3.05, 3.63) is 28.8 Å². The largest absolute Gasteiger partial charge is 0.306 e. The van der Waals surface area contributed by atoms with E-state index in [-0.39, 0.29) is 5.91 Å². The van der Waals surface area contributed by atoms with Crippen molar-refractivity contribution in [2.75, 3.05) is 25.5 Å². The summed E-state index contributed by atoms with van der Waals surface area (Å²) in [6, 6.07) is 2.19. The molecule has 3 heterocycles. The Hall–Kier alpha value is -1.73. The molecule has 1 saturated heterocycles. The number of anilines is 1. The van der Waals surface area contributed by atoms with Crippen LogP contribution in [0.4, 0.5) is 5.82 Å². The van der Waals surface area contributed by atoms with Crippen molar-refractivity contribution in [2.24, 2.45) is 0 Å². The molecule has 0 unspecified atom stereocenters. The summed E-state index contributed by atoms with van der Waals surface area (Å²) < 4.78 is 1.93. The summed E-state index contributed by atoms with van der Waals surface area (Å²) in [5.41, 5.74) is 2.11. The number of hydrogen-bond donors (Lipinski definition) is 1. The number of aromatic nitrogens is 3. The lowest BCUT2D eigenvalue weighted by atomic mass is 10.1. The highest BCUT2D eigenvalue weighted by molar-refractivity contribution is 7.07. The molecule has 1 fully saturated rings. The molecule has 7 heteroatoms. The Morgan fingerprint density at radius 2 is 2.25 bits per heavy atom. The standard InChI is InChI=1S/C13H17N5OS/c1-17-6-3-10(4-7-17)18-12(2-5-15-18)16-13(19)11-8-20-9-14-11/h2,5,8-10H,3-4,6-7H2,1H3,(H,16,19). The van der Waals surface area contributed by atoms with E-state index in [1.54, 1.807) is 17.1 Å². The number of carbonyl (C=O) groups is 1. The van der Waals surface area contributed by atoms with E-state index in [9.17, 15) is 4.79 Å². The molecule has 0 atom stereocenters. The van der Waals surface area contributed by atoms with Crippen molar-refractivity contribution >= 4 is 23.1 Å². The SMILES string of the molecule is CN1CCC(n2nccc2NC(=O)c2cscn2)CC1. The molecule has 0 spiro atoms. The number of piperidine rings is 1. The summed E-state index contributed by atoms with van der Waals surface area (Å²) in [5, 5.41) is 9.00. The molecule has 2 aromatic heterocycles. The second kappa shape index (κ2) is 5.72. The third kappa shape index (κ3) is 2.73. The summed E-state index contributed by atoms with van der Waals surface area (Å²) in [6.07, 6.45) is 3.84. The first kappa shape index (κ1) is 13.3. The Kier molecular flexibility index (Phi) is 3.79. The zero-order chi connectivity index (χ0) is 13.9. The molecule has 0 aromatic carbocycles. The Bertz CT molecular complexity index is 571. The van der Waals surface area contributed by atoms with Gasteiger partial charge in [0.1, 0.15) is 11.5 Å². The fraction of sp³-hybridized carbons (Fsp3) is 0.462. The van der Waals surface area contributed by atoms with E-state index >= 15 is 0 Å². The number of nitrogens with one attached hydrogen (secondary N) is 1. The monoisotopic (exact) mass is 291 g/mol. The van der Waals surface area contributed by atoms with Gasteiger partial charge in [-0.2, -0.15) is 5.10 Å². The number of carbonyl (C=O) groups excluding carboxylic acids is 1. The number of amides is 1. The van der Waals surface area contributed by atoms with Crippen molar-refractivity contribution in [1.82, 2.24) is 19.7 Å². The van der Waals surface area contributed by atoms with Crippen LogP contribution in [0.1, 0.15) is 29.4 Å². The van der Waals surface area contributed by atoms with Crippen LogP contribution in [0.15, 0.2) is 23.2 Å². The van der Waals surface area contributed by atoms with Crippen LogP contribution in [0.2, 0.25) is 0 Å². The highest BCUT2D eigenvalue weighted by Gasteiger charge is 2.21. The van der Waals surface area contributed by atoms with Gasteiger partial charge in [-0.05, 0) is 33.0 Å². The number of thiazole rings is 1. The Morgan fingerprint density at radius 3 is 2.95 bits per heavy atom. The predicted octanol–water partition coefficient (Wildman–Crippen LogP) is 1.86. The average Bonchev–Trinajstić information content (AvgIpc) is 3.10. The lowest BCUT2D eigenvalue weighted by Crippen LogP contribution is -2.32. The van der Waals surface area contributed by atoms with Crippen molar-refractivity contribution in [3.63, 3.8) is 0 Å². The molecule has 1 N–H and O–H groups in total. The lowest BCUT2D eigenvalue weighted by molar-refractivity contribution is 0.102. The third-order valence-corrected chi connectivity index (χ3v) is 4.20. The minimum absolute atomic E-state index is 0.180. The number of hydrogen-bond acceptors (Lipinski definition) is 5. The summed E-state index contributed by atoms with van der Waals surface area (Å²) in [6.45, 7) is 2.12. The number of rotatable bonds is 3. The lowest BCUT2D eigenvalue weighted by Gasteiger charge is -2.29. The van der Waals surface area contributed by atoms with Gasteiger partial charge < -0.3 is 10.2 Å². The maximum Gasteiger partial charge on any atom is 0.276 e. The van der Waals surface area contributed by atoms with Gasteiger partial charge in [-0.3, -0.25) is 4.79 Å². The van der Waals surface area contributed by atoms with E-state index in [0.29, 0.717) is 11.7 Å². The molecule has 0 aliphatic carbocycles. The van der Waals surface area contributed by atoms with Gasteiger partial charge in [0.2, 0.25) is 0 Å². The minimum Gasteiger partial charge on any atom is -0.306 e. The van der Waals surface area contributed by atoms with Crippen LogP contribution in [0.5, 0.6) is 0 Å². The molecule has 3 rings (SSSR count). The first-order valence-corrected chi connectivity index (χ1v) is 7.60. The first-order chi connectivity index (χ1) is 9.74. The maximum atomic E-state index is 12.0. The molecule has 20 heavy (non-hydrogen) atoms. The molecular weight excluding hydrogens is 274 g/mol. The van der Waals surface area contributed by atoms with Crippen LogP contribution in [0.25, 0.3) is 0 Å². The van der Waals surface area contributed by atoms with Crippen LogP contribution in [-0.4, -0.2) is 45.7 Å². The van der Waals surface area contributed by atoms with Crippen molar-refractivity contribution in [1.29, 1.82) is 0 Å². The van der Waals surface area contributed by atoms with Crippen LogP contribution in [0, 0.1) is 0 Å². The Balaban J connectivity index is 1.72. The zero-order valence-electron chi connectivity index (χ0n) is 11.3. The number of likely N-dealkylation sites (tertiary alicyclic amines) is 1. The average molecular weight is 291 g/mol. The molecular formula is C13H17N5OS. The van der Waals surface area contributed by atoms with Gasteiger partial charge in [-0.1, -0.05) is 0 Å². The third-order valence-electron chi connectivity index (χ3n) is 3.61. The molecule has 0 saturated carbocycles. The summed E-state index contributed by atoms with van der Waals surface area (Å²) in [4.78, 5) is 18.4. The van der Waals surface area contributed by atoms with E-state index in [4.69, 9.17) is 0 Å². The Labute approximate surface area is 121 Å². The molecule has 0 radical (unpaired) electrons. The van der Waals surface area contributed by atoms with E-state index in [0.717, 1.165) is 31.7 Å². The summed E-state index contributed by atoms with van der Waals surface area (Å²) >= 11 is 1.41. The van der Waals surface area contributed by atoms with Crippen molar-refractivity contribution in [2.45, 2.75) is 18.9 Å². The normalized spacial score (nSPS) is 17.2. The van der Waals surface area contributed by atoms with E-state index in [1.165, 1.54) is 11.3 Å². The quantitative estimate of drug-likeness (QED) is 0.937. The van der Waals surface area contributed by atoms with Gasteiger partial charge in [-0.25, -0.2) is 9.67 Å². The molecule has 106 valence electrons. The topological polar surface area (TPSA) is 63.1 Å². The number of nitrogens with zero attached hydrogens (tertiary/aromatic N) is 4. The zero-order valence-corrected chi connectivity index (χ0v) is 12.1. The van der Waals surface area contributed by atoms with Crippen LogP contribution in [-0.2, 0) is 0 Å². The van der Waals surface area contributed by atoms with Crippen LogP contribution in [0.3, 0.4) is 0 Å². The Morgan fingerprint density at radius 1 is 1.45 bits per heavy atom.